The molecule has 25 heavy (non-hydrogen) atoms. The minimum Gasteiger partial charge on any atom is -0.465 e. The van der Waals surface area contributed by atoms with Gasteiger partial charge in [-0.25, -0.2) is 4.79 Å². The van der Waals surface area contributed by atoms with Crippen molar-refractivity contribution >= 4 is 17.4 Å². The van der Waals surface area contributed by atoms with Gasteiger partial charge in [-0.1, -0.05) is 12.1 Å². The van der Waals surface area contributed by atoms with Gasteiger partial charge in [0.25, 0.3) is 5.82 Å². The van der Waals surface area contributed by atoms with Gasteiger partial charge in [-0.15, -0.1) is 15.3 Å². The van der Waals surface area contributed by atoms with Crippen LogP contribution in [0.1, 0.15) is 21.7 Å². The quantitative estimate of drug-likeness (QED) is 0.728. The first kappa shape index (κ1) is 16.7. The number of hydrogen-bond donors (Lipinski definition) is 1. The van der Waals surface area contributed by atoms with Crippen molar-refractivity contribution in [2.75, 3.05) is 12.4 Å². The maximum atomic E-state index is 12.8. The highest BCUT2D eigenvalue weighted by molar-refractivity contribution is 5.89. The van der Waals surface area contributed by atoms with E-state index in [1.54, 1.807) is 24.3 Å². The van der Waals surface area contributed by atoms with E-state index >= 15 is 0 Å². The molecule has 0 saturated heterocycles. The topological polar surface area (TPSA) is 81.4 Å². The number of fused-ring (bicyclic) bond motifs is 1. The standard InChI is InChI=1S/C15H12F3N5O2/c1-25-13(24)10-4-2-9(3-5-10)8-19-11-6-7-12-20-21-14(15(16,17)18)23(12)22-11/h2-7H,8H2,1H3,(H,19,22). The predicted octanol–water partition coefficient (Wildman–Crippen LogP) is 2.54. The van der Waals surface area contributed by atoms with Gasteiger partial charge in [-0.05, 0) is 29.8 Å². The second kappa shape index (κ2) is 6.38. The van der Waals surface area contributed by atoms with Crippen molar-refractivity contribution in [3.63, 3.8) is 0 Å². The SMILES string of the molecule is COC(=O)c1ccc(CNc2ccc3nnc(C(F)(F)F)n3n2)cc1. The lowest BCUT2D eigenvalue weighted by Crippen LogP contribution is -2.13. The molecule has 130 valence electrons. The van der Waals surface area contributed by atoms with E-state index < -0.39 is 18.0 Å². The van der Waals surface area contributed by atoms with Gasteiger partial charge in [0.05, 0.1) is 12.7 Å². The number of methoxy groups -OCH3 is 1. The number of benzene rings is 1. The monoisotopic (exact) mass is 351 g/mol. The summed E-state index contributed by atoms with van der Waals surface area (Å²) in [6.07, 6.45) is -4.64. The zero-order valence-electron chi connectivity index (χ0n) is 12.9. The van der Waals surface area contributed by atoms with E-state index in [-0.39, 0.29) is 11.5 Å². The van der Waals surface area contributed by atoms with Gasteiger partial charge in [0.2, 0.25) is 0 Å². The molecule has 0 atom stereocenters. The number of hydrogen-bond acceptors (Lipinski definition) is 6. The van der Waals surface area contributed by atoms with Crippen LogP contribution in [0.25, 0.3) is 5.65 Å². The van der Waals surface area contributed by atoms with Gasteiger partial charge in [0.1, 0.15) is 5.82 Å². The second-order valence-electron chi connectivity index (χ2n) is 5.05. The number of nitrogens with one attached hydrogen (secondary N) is 1. The van der Waals surface area contributed by atoms with Crippen molar-refractivity contribution in [3.8, 4) is 0 Å². The molecule has 1 aromatic carbocycles. The molecule has 0 saturated carbocycles. The molecule has 0 aliphatic carbocycles. The number of ether oxygens (including phenoxy) is 1. The molecule has 3 aromatic rings. The third kappa shape index (κ3) is 3.52. The zero-order valence-corrected chi connectivity index (χ0v) is 12.9. The maximum Gasteiger partial charge on any atom is 0.453 e. The highest BCUT2D eigenvalue weighted by Crippen LogP contribution is 2.27. The number of nitrogens with zero attached hydrogens (tertiary/aromatic N) is 4. The molecule has 0 bridgehead atoms. The third-order valence-electron chi connectivity index (χ3n) is 3.37. The third-order valence-corrected chi connectivity index (χ3v) is 3.37. The van der Waals surface area contributed by atoms with Gasteiger partial charge in [-0.3, -0.25) is 0 Å². The number of esters is 1. The molecule has 0 fully saturated rings. The van der Waals surface area contributed by atoms with Crippen LogP contribution < -0.4 is 5.32 Å². The van der Waals surface area contributed by atoms with Crippen molar-refractivity contribution in [2.45, 2.75) is 12.7 Å². The number of carbonyl (C=O) groups is 1. The summed E-state index contributed by atoms with van der Waals surface area (Å²) in [5.41, 5.74) is 1.22. The van der Waals surface area contributed by atoms with Crippen LogP contribution in [0.15, 0.2) is 36.4 Å². The summed E-state index contributed by atoms with van der Waals surface area (Å²) in [4.78, 5) is 11.4. The first-order chi connectivity index (χ1) is 11.9. The van der Waals surface area contributed by atoms with E-state index in [0.29, 0.717) is 16.6 Å². The average molecular weight is 351 g/mol. The molecule has 0 radical (unpaired) electrons. The van der Waals surface area contributed by atoms with Gasteiger partial charge >= 0.3 is 12.1 Å². The van der Waals surface area contributed by atoms with Crippen LogP contribution >= 0.6 is 0 Å². The lowest BCUT2D eigenvalue weighted by molar-refractivity contribution is -0.146. The Balaban J connectivity index is 1.76. The normalized spacial score (nSPS) is 11.5. The fourth-order valence-corrected chi connectivity index (χ4v) is 2.13. The van der Waals surface area contributed by atoms with E-state index in [4.69, 9.17) is 0 Å². The smallest absolute Gasteiger partial charge is 0.453 e. The summed E-state index contributed by atoms with van der Waals surface area (Å²) in [5.74, 6) is -1.40. The number of anilines is 1. The Hall–Kier alpha value is -3.17. The van der Waals surface area contributed by atoms with Gasteiger partial charge in [0.15, 0.2) is 5.65 Å². The highest BCUT2D eigenvalue weighted by atomic mass is 19.4. The molecule has 0 spiro atoms. The molecule has 0 unspecified atom stereocenters. The summed E-state index contributed by atoms with van der Waals surface area (Å²) in [6.45, 7) is 0.309. The molecule has 2 heterocycles. The summed E-state index contributed by atoms with van der Waals surface area (Å²) in [5, 5.41) is 13.3. The second-order valence-corrected chi connectivity index (χ2v) is 5.05. The zero-order chi connectivity index (χ0) is 18.0. The molecule has 2 aromatic heterocycles. The first-order valence-corrected chi connectivity index (χ1v) is 7.09. The van der Waals surface area contributed by atoms with Crippen LogP contribution in [0.5, 0.6) is 0 Å². The van der Waals surface area contributed by atoms with Crippen molar-refractivity contribution in [1.29, 1.82) is 0 Å². The Kier molecular flexibility index (Phi) is 4.26. The molecule has 0 amide bonds. The van der Waals surface area contributed by atoms with Crippen LogP contribution in [-0.4, -0.2) is 32.9 Å². The van der Waals surface area contributed by atoms with Crippen molar-refractivity contribution in [1.82, 2.24) is 19.8 Å². The van der Waals surface area contributed by atoms with Crippen LogP contribution in [0.4, 0.5) is 19.0 Å². The van der Waals surface area contributed by atoms with Crippen LogP contribution in [-0.2, 0) is 17.5 Å². The van der Waals surface area contributed by atoms with E-state index in [1.165, 1.54) is 19.2 Å². The lowest BCUT2D eigenvalue weighted by atomic mass is 10.1. The number of halogens is 3. The van der Waals surface area contributed by atoms with E-state index in [9.17, 15) is 18.0 Å². The number of carbonyl (C=O) groups excluding carboxylic acids is 1. The Morgan fingerprint density at radius 1 is 1.16 bits per heavy atom. The van der Waals surface area contributed by atoms with Crippen LogP contribution in [0.2, 0.25) is 0 Å². The van der Waals surface area contributed by atoms with Gasteiger partial charge < -0.3 is 10.1 Å². The predicted molar refractivity (Wildman–Crippen MR) is 80.9 cm³/mol. The first-order valence-electron chi connectivity index (χ1n) is 7.09. The Bertz CT molecular complexity index is 906. The molecule has 7 nitrogen and oxygen atoms in total. The maximum absolute atomic E-state index is 12.8. The van der Waals surface area contributed by atoms with Crippen LogP contribution in [0.3, 0.4) is 0 Å². The number of aromatic nitrogens is 4. The van der Waals surface area contributed by atoms with E-state index in [2.05, 4.69) is 25.3 Å². The average Bonchev–Trinajstić information content (AvgIpc) is 3.03. The minimum absolute atomic E-state index is 0.000283. The molecular formula is C15H12F3N5O2. The summed E-state index contributed by atoms with van der Waals surface area (Å²) >= 11 is 0. The van der Waals surface area contributed by atoms with E-state index in [1.807, 2.05) is 0 Å². The minimum atomic E-state index is -4.64. The molecule has 0 aliphatic rings. The van der Waals surface area contributed by atoms with Crippen molar-refractivity contribution < 1.29 is 22.7 Å². The molecule has 3 rings (SSSR count). The molecule has 10 heteroatoms. The summed E-state index contributed by atoms with van der Waals surface area (Å²) < 4.78 is 43.8. The highest BCUT2D eigenvalue weighted by Gasteiger charge is 2.37. The van der Waals surface area contributed by atoms with Crippen LogP contribution in [0, 0.1) is 0 Å². The van der Waals surface area contributed by atoms with Crippen molar-refractivity contribution in [3.05, 3.63) is 53.3 Å². The summed E-state index contributed by atoms with van der Waals surface area (Å²) in [7, 11) is 1.29. The fraction of sp³-hybridized carbons (Fsp3) is 0.200. The lowest BCUT2D eigenvalue weighted by Gasteiger charge is -2.08. The molecule has 0 aliphatic heterocycles. The van der Waals surface area contributed by atoms with Gasteiger partial charge in [-0.2, -0.15) is 17.7 Å². The number of alkyl halides is 3. The van der Waals surface area contributed by atoms with Gasteiger partial charge in [0, 0.05) is 6.54 Å². The molecular weight excluding hydrogens is 339 g/mol. The number of rotatable bonds is 4. The fourth-order valence-electron chi connectivity index (χ4n) is 2.13. The summed E-state index contributed by atoms with van der Waals surface area (Å²) in [6, 6.07) is 9.50. The Labute approximate surface area is 139 Å². The van der Waals surface area contributed by atoms with E-state index in [0.717, 1.165) is 5.56 Å². The largest absolute Gasteiger partial charge is 0.465 e. The Morgan fingerprint density at radius 3 is 2.52 bits per heavy atom. The van der Waals surface area contributed by atoms with Crippen molar-refractivity contribution in [2.24, 2.45) is 0 Å². The Morgan fingerprint density at radius 2 is 1.88 bits per heavy atom. The molecule has 1 N–H and O–H groups in total.